The topological polar surface area (TPSA) is 65.1 Å². The van der Waals surface area contributed by atoms with Gasteiger partial charge >= 0.3 is 0 Å². The molecule has 0 aliphatic carbocycles. The van der Waals surface area contributed by atoms with E-state index < -0.39 is 4.92 Å². The lowest BCUT2D eigenvalue weighted by atomic mass is 10.1. The van der Waals surface area contributed by atoms with Crippen LogP contribution in [-0.2, 0) is 6.54 Å². The predicted octanol–water partition coefficient (Wildman–Crippen LogP) is 2.77. The first kappa shape index (κ1) is 13.3. The van der Waals surface area contributed by atoms with Crippen molar-refractivity contribution in [2.45, 2.75) is 13.5 Å². The molecule has 0 spiro atoms. The summed E-state index contributed by atoms with van der Waals surface area (Å²) >= 11 is 5.84. The zero-order valence-electron chi connectivity index (χ0n) is 10.2. The Hall–Kier alpha value is -2.14. The standard InChI is InChI=1S/C13H11ClN2O3/c1-9-4-5-15(13(17)6-9)8-10-7-11(14)2-3-12(10)16(18)19/h2-7H,8H2,1H3. The highest BCUT2D eigenvalue weighted by Crippen LogP contribution is 2.23. The van der Waals surface area contributed by atoms with Crippen LogP contribution in [0.2, 0.25) is 5.02 Å². The fraction of sp³-hybridized carbons (Fsp3) is 0.154. The molecule has 19 heavy (non-hydrogen) atoms. The van der Waals surface area contributed by atoms with E-state index in [0.29, 0.717) is 10.6 Å². The normalized spacial score (nSPS) is 10.4. The summed E-state index contributed by atoms with van der Waals surface area (Å²) in [4.78, 5) is 22.2. The Morgan fingerprint density at radius 1 is 1.32 bits per heavy atom. The van der Waals surface area contributed by atoms with Crippen LogP contribution in [0.3, 0.4) is 0 Å². The summed E-state index contributed by atoms with van der Waals surface area (Å²) in [5, 5.41) is 11.3. The maximum Gasteiger partial charge on any atom is 0.274 e. The zero-order valence-corrected chi connectivity index (χ0v) is 10.9. The monoisotopic (exact) mass is 278 g/mol. The van der Waals surface area contributed by atoms with Crippen LogP contribution in [0.1, 0.15) is 11.1 Å². The van der Waals surface area contributed by atoms with E-state index in [2.05, 4.69) is 0 Å². The minimum absolute atomic E-state index is 0.0446. The Bertz CT molecular complexity index is 695. The van der Waals surface area contributed by atoms with Gasteiger partial charge in [-0.05, 0) is 30.7 Å². The van der Waals surface area contributed by atoms with Gasteiger partial charge in [-0.2, -0.15) is 0 Å². The highest BCUT2D eigenvalue weighted by molar-refractivity contribution is 6.30. The van der Waals surface area contributed by atoms with Gasteiger partial charge in [-0.3, -0.25) is 14.9 Å². The van der Waals surface area contributed by atoms with Crippen molar-refractivity contribution in [1.29, 1.82) is 0 Å². The van der Waals surface area contributed by atoms with Gasteiger partial charge in [-0.25, -0.2) is 0 Å². The number of hydrogen-bond donors (Lipinski definition) is 0. The average molecular weight is 279 g/mol. The van der Waals surface area contributed by atoms with Gasteiger partial charge in [0, 0.05) is 23.4 Å². The molecule has 0 atom stereocenters. The summed E-state index contributed by atoms with van der Waals surface area (Å²) in [6, 6.07) is 7.57. The molecule has 0 bridgehead atoms. The first-order chi connectivity index (χ1) is 8.97. The van der Waals surface area contributed by atoms with Crippen molar-refractivity contribution >= 4 is 17.3 Å². The summed E-state index contributed by atoms with van der Waals surface area (Å²) in [5.41, 5.74) is 1.01. The van der Waals surface area contributed by atoms with Crippen molar-refractivity contribution < 1.29 is 4.92 Å². The maximum atomic E-state index is 11.8. The molecule has 0 saturated carbocycles. The van der Waals surface area contributed by atoms with Crippen molar-refractivity contribution in [3.63, 3.8) is 0 Å². The number of nitro groups is 1. The lowest BCUT2D eigenvalue weighted by Gasteiger charge is -2.07. The average Bonchev–Trinajstić information content (AvgIpc) is 2.32. The lowest BCUT2D eigenvalue weighted by molar-refractivity contribution is -0.385. The predicted molar refractivity (Wildman–Crippen MR) is 72.6 cm³/mol. The summed E-state index contributed by atoms with van der Waals surface area (Å²) in [6.45, 7) is 1.93. The van der Waals surface area contributed by atoms with Crippen LogP contribution in [0.5, 0.6) is 0 Å². The molecule has 2 rings (SSSR count). The van der Waals surface area contributed by atoms with Gasteiger partial charge in [-0.15, -0.1) is 0 Å². The van der Waals surface area contributed by atoms with Crippen molar-refractivity contribution in [1.82, 2.24) is 4.57 Å². The minimum atomic E-state index is -0.481. The third-order valence-corrected chi connectivity index (χ3v) is 2.97. The summed E-state index contributed by atoms with van der Waals surface area (Å²) in [5.74, 6) is 0. The van der Waals surface area contributed by atoms with E-state index in [1.807, 2.05) is 6.92 Å². The van der Waals surface area contributed by atoms with E-state index in [1.54, 1.807) is 12.3 Å². The van der Waals surface area contributed by atoms with Crippen LogP contribution >= 0.6 is 11.6 Å². The fourth-order valence-electron chi connectivity index (χ4n) is 1.78. The quantitative estimate of drug-likeness (QED) is 0.640. The van der Waals surface area contributed by atoms with Crippen LogP contribution < -0.4 is 5.56 Å². The summed E-state index contributed by atoms with van der Waals surface area (Å²) in [6.07, 6.45) is 1.61. The summed E-state index contributed by atoms with van der Waals surface area (Å²) < 4.78 is 1.41. The molecule has 0 saturated heterocycles. The number of hydrogen-bond acceptors (Lipinski definition) is 3. The molecule has 98 valence electrons. The van der Waals surface area contributed by atoms with E-state index in [-0.39, 0.29) is 17.8 Å². The Balaban J connectivity index is 2.45. The van der Waals surface area contributed by atoms with Gasteiger partial charge in [0.25, 0.3) is 11.2 Å². The molecule has 0 radical (unpaired) electrons. The van der Waals surface area contributed by atoms with Crippen molar-refractivity contribution in [2.75, 3.05) is 0 Å². The van der Waals surface area contributed by atoms with Crippen LogP contribution in [0.4, 0.5) is 5.69 Å². The molecule has 5 nitrogen and oxygen atoms in total. The van der Waals surface area contributed by atoms with Gasteiger partial charge in [0.05, 0.1) is 17.0 Å². The third kappa shape index (κ3) is 3.00. The van der Waals surface area contributed by atoms with E-state index in [1.165, 1.54) is 28.8 Å². The molecule has 0 aliphatic rings. The second-order valence-corrected chi connectivity index (χ2v) is 4.64. The maximum absolute atomic E-state index is 11.8. The number of nitro benzene ring substituents is 1. The number of pyridine rings is 1. The third-order valence-electron chi connectivity index (χ3n) is 2.73. The molecular weight excluding hydrogens is 268 g/mol. The van der Waals surface area contributed by atoms with Gasteiger partial charge in [-0.1, -0.05) is 11.6 Å². The number of halogens is 1. The number of aryl methyl sites for hydroxylation is 1. The Morgan fingerprint density at radius 3 is 2.68 bits per heavy atom. The molecule has 0 aliphatic heterocycles. The fourth-order valence-corrected chi connectivity index (χ4v) is 1.97. The second-order valence-electron chi connectivity index (χ2n) is 4.20. The van der Waals surface area contributed by atoms with Gasteiger partial charge in [0.1, 0.15) is 0 Å². The summed E-state index contributed by atoms with van der Waals surface area (Å²) in [7, 11) is 0. The van der Waals surface area contributed by atoms with Crippen LogP contribution in [0.25, 0.3) is 0 Å². The molecule has 1 heterocycles. The molecular formula is C13H11ClN2O3. The lowest BCUT2D eigenvalue weighted by Crippen LogP contribution is -2.19. The minimum Gasteiger partial charge on any atom is -0.311 e. The molecule has 2 aromatic rings. The number of aromatic nitrogens is 1. The smallest absolute Gasteiger partial charge is 0.274 e. The van der Waals surface area contributed by atoms with Gasteiger partial charge in [0.15, 0.2) is 0 Å². The van der Waals surface area contributed by atoms with E-state index in [0.717, 1.165) is 5.56 Å². The Kier molecular flexibility index (Phi) is 3.66. The molecule has 0 amide bonds. The van der Waals surface area contributed by atoms with Gasteiger partial charge < -0.3 is 4.57 Å². The zero-order chi connectivity index (χ0) is 14.0. The molecule has 0 N–H and O–H groups in total. The first-order valence-corrected chi connectivity index (χ1v) is 5.95. The number of nitrogens with zero attached hydrogens (tertiary/aromatic N) is 2. The number of rotatable bonds is 3. The Morgan fingerprint density at radius 2 is 2.05 bits per heavy atom. The van der Waals surface area contributed by atoms with Crippen LogP contribution in [0.15, 0.2) is 41.3 Å². The van der Waals surface area contributed by atoms with E-state index in [9.17, 15) is 14.9 Å². The Labute approximate surface area is 114 Å². The van der Waals surface area contributed by atoms with Crippen LogP contribution in [-0.4, -0.2) is 9.49 Å². The number of benzene rings is 1. The van der Waals surface area contributed by atoms with Crippen molar-refractivity contribution in [3.05, 3.63) is 73.1 Å². The molecule has 1 aromatic heterocycles. The second kappa shape index (κ2) is 5.24. The van der Waals surface area contributed by atoms with E-state index >= 15 is 0 Å². The molecule has 1 aromatic carbocycles. The van der Waals surface area contributed by atoms with E-state index in [4.69, 9.17) is 11.6 Å². The molecule has 0 fully saturated rings. The molecule has 6 heteroatoms. The highest BCUT2D eigenvalue weighted by atomic mass is 35.5. The van der Waals surface area contributed by atoms with Crippen molar-refractivity contribution in [3.8, 4) is 0 Å². The van der Waals surface area contributed by atoms with Gasteiger partial charge in [0.2, 0.25) is 0 Å². The SMILES string of the molecule is Cc1ccn(Cc2cc(Cl)ccc2[N+](=O)[O-])c(=O)c1. The first-order valence-electron chi connectivity index (χ1n) is 5.57. The van der Waals surface area contributed by atoms with Crippen molar-refractivity contribution in [2.24, 2.45) is 0 Å². The largest absolute Gasteiger partial charge is 0.311 e. The van der Waals surface area contributed by atoms with Crippen LogP contribution in [0, 0.1) is 17.0 Å². The molecule has 0 unspecified atom stereocenters. The highest BCUT2D eigenvalue weighted by Gasteiger charge is 2.14.